The summed E-state index contributed by atoms with van der Waals surface area (Å²) in [7, 11) is 0. The third-order valence-corrected chi connectivity index (χ3v) is 10.0. The summed E-state index contributed by atoms with van der Waals surface area (Å²) in [6.07, 6.45) is -7.16. The van der Waals surface area contributed by atoms with E-state index in [4.69, 9.17) is 9.47 Å². The number of carbonyl (C=O) groups is 4. The summed E-state index contributed by atoms with van der Waals surface area (Å²) in [5.74, 6) is -8.16. The molecule has 4 aromatic carbocycles. The third kappa shape index (κ3) is 5.53. The Labute approximate surface area is 294 Å². The molecule has 1 heterocycles. The molecule has 2 aliphatic carbocycles. The van der Waals surface area contributed by atoms with E-state index in [1.54, 1.807) is 36.4 Å². The highest BCUT2D eigenvalue weighted by Crippen LogP contribution is 2.54. The van der Waals surface area contributed by atoms with Crippen molar-refractivity contribution in [2.24, 2.45) is 0 Å². The Morgan fingerprint density at radius 3 is 1.85 bits per heavy atom. The van der Waals surface area contributed by atoms with E-state index < -0.39 is 95.1 Å². The molecule has 0 radical (unpaired) electrons. The fraction of sp³-hybridized carbons (Fsp3) is 0.263. The van der Waals surface area contributed by atoms with Crippen molar-refractivity contribution >= 4 is 23.5 Å². The average molecular weight is 711 g/mol. The number of hydrogen-bond acceptors (Lipinski definition) is 12. The predicted octanol–water partition coefficient (Wildman–Crippen LogP) is 0.642. The maximum Gasteiger partial charge on any atom is 0.335 e. The van der Waals surface area contributed by atoms with Crippen molar-refractivity contribution in [3.63, 3.8) is 0 Å². The number of aliphatic hydroxyl groups excluding tert-OH is 4. The van der Waals surface area contributed by atoms with Crippen LogP contribution < -0.4 is 10.2 Å². The molecule has 4 aromatic rings. The van der Waals surface area contributed by atoms with Crippen molar-refractivity contribution in [2.45, 2.75) is 49.0 Å². The Balaban J connectivity index is 1.40. The lowest BCUT2D eigenvalue weighted by Crippen LogP contribution is -2.59. The van der Waals surface area contributed by atoms with Gasteiger partial charge in [0.2, 0.25) is 0 Å². The number of hydrogen-bond donors (Lipinski definition) is 6. The number of ether oxygens (including phenoxy) is 2. The highest BCUT2D eigenvalue weighted by atomic mass is 16.6. The van der Waals surface area contributed by atoms with Gasteiger partial charge in [0.1, 0.15) is 30.5 Å². The van der Waals surface area contributed by atoms with Gasteiger partial charge in [-0.25, -0.2) is 9.59 Å². The van der Waals surface area contributed by atoms with Crippen molar-refractivity contribution in [3.8, 4) is 11.5 Å². The average Bonchev–Trinajstić information content (AvgIpc) is 3.12. The van der Waals surface area contributed by atoms with Gasteiger partial charge in [0.15, 0.2) is 11.6 Å². The minimum atomic E-state index is -1.64. The predicted molar refractivity (Wildman–Crippen MR) is 173 cm³/mol. The molecule has 1 fully saturated rings. The Hall–Kier alpha value is -5.48. The van der Waals surface area contributed by atoms with Gasteiger partial charge in [-0.1, -0.05) is 66.1 Å². The molecule has 6 N–H and O–H groups in total. The molecule has 4 unspecified atom stereocenters. The summed E-state index contributed by atoms with van der Waals surface area (Å²) in [6.45, 7) is -1.31. The number of carbonyl (C=O) groups excluding carboxylic acids is 2. The molecular weight excluding hydrogens is 680 g/mol. The molecule has 0 aromatic heterocycles. The van der Waals surface area contributed by atoms with E-state index in [2.05, 4.69) is 0 Å². The van der Waals surface area contributed by atoms with Crippen LogP contribution in [0.25, 0.3) is 0 Å². The Morgan fingerprint density at radius 1 is 0.673 bits per heavy atom. The number of benzene rings is 4. The molecule has 52 heavy (non-hydrogen) atoms. The van der Waals surface area contributed by atoms with Crippen molar-refractivity contribution in [2.75, 3.05) is 13.2 Å². The normalized spacial score (nSPS) is 24.7. The van der Waals surface area contributed by atoms with Crippen LogP contribution in [0.3, 0.4) is 0 Å². The minimum absolute atomic E-state index is 0.00932. The number of carboxylic acid groups (broad SMARTS) is 2. The van der Waals surface area contributed by atoms with Crippen molar-refractivity contribution in [3.05, 3.63) is 128 Å². The molecule has 0 spiro atoms. The fourth-order valence-corrected chi connectivity index (χ4v) is 7.66. The highest BCUT2D eigenvalue weighted by molar-refractivity contribution is 6.17. The van der Waals surface area contributed by atoms with E-state index in [0.29, 0.717) is 5.56 Å². The molecule has 1 aliphatic heterocycles. The van der Waals surface area contributed by atoms with Crippen LogP contribution >= 0.6 is 0 Å². The fourth-order valence-electron chi connectivity index (χ4n) is 7.66. The molecule has 14 nitrogen and oxygen atoms in total. The quantitative estimate of drug-likeness (QED) is 0.147. The molecule has 1 saturated heterocycles. The highest BCUT2D eigenvalue weighted by Gasteiger charge is 2.45. The number of aromatic carboxylic acids is 2. The van der Waals surface area contributed by atoms with E-state index >= 15 is 0 Å². The lowest BCUT2D eigenvalue weighted by atomic mass is 9.63. The monoisotopic (exact) mass is 710 g/mol. The van der Waals surface area contributed by atoms with Gasteiger partial charge in [-0.15, -0.1) is 0 Å². The van der Waals surface area contributed by atoms with Gasteiger partial charge in [0.25, 0.3) is 0 Å². The van der Waals surface area contributed by atoms with Crippen LogP contribution in [0, 0.1) is 0 Å². The first-order chi connectivity index (χ1) is 24.8. The molecule has 0 amide bonds. The van der Waals surface area contributed by atoms with Gasteiger partial charge in [-0.3, -0.25) is 9.59 Å². The van der Waals surface area contributed by atoms with Crippen molar-refractivity contribution in [1.82, 2.24) is 0 Å². The van der Waals surface area contributed by atoms with Crippen molar-refractivity contribution < 1.29 is 69.5 Å². The van der Waals surface area contributed by atoms with Crippen LogP contribution in [0.5, 0.6) is 11.5 Å². The number of aliphatic hydroxyl groups is 4. The third-order valence-electron chi connectivity index (χ3n) is 10.0. The van der Waals surface area contributed by atoms with Crippen LogP contribution in [0.4, 0.5) is 0 Å². The first-order valence-corrected chi connectivity index (χ1v) is 16.2. The lowest BCUT2D eigenvalue weighted by Gasteiger charge is -2.40. The van der Waals surface area contributed by atoms with E-state index in [9.17, 15) is 60.0 Å². The molecule has 3 aliphatic rings. The Morgan fingerprint density at radius 2 is 1.23 bits per heavy atom. The molecule has 7 rings (SSSR count). The largest absolute Gasteiger partial charge is 0.872 e. The van der Waals surface area contributed by atoms with E-state index in [1.165, 1.54) is 18.2 Å². The zero-order valence-corrected chi connectivity index (χ0v) is 27.0. The minimum Gasteiger partial charge on any atom is -0.872 e. The zero-order valence-electron chi connectivity index (χ0n) is 27.0. The summed E-state index contributed by atoms with van der Waals surface area (Å²) in [4.78, 5) is 52.4. The van der Waals surface area contributed by atoms with Crippen LogP contribution in [0.1, 0.15) is 92.2 Å². The standard InChI is InChI=1S/C38H32O14/c39-12-25-33(43)36(46)34(44)26(52-25)14-51-13-15-4-3-7-20-27(15)35(45)31-22(9-17(38(49)50)11-24(31)41)29(20)28-18-5-1-2-6-19(18)32(42)30-21(28)8-16(37(47)48)10-23(30)40/h1-11,25-26,28-29,33-34,36,39-41,43-44,46H,12-14H2,(H,47,48)(H,49,50)/p-2/t25?,26-,28?,29?,33+,34?,36+/m0/s1. The van der Waals surface area contributed by atoms with Crippen LogP contribution in [0.2, 0.25) is 0 Å². The van der Waals surface area contributed by atoms with Gasteiger partial charge in [0, 0.05) is 34.1 Å². The van der Waals surface area contributed by atoms with Gasteiger partial charge >= 0.3 is 11.9 Å². The lowest BCUT2D eigenvalue weighted by molar-refractivity contribution is -0.269. The molecule has 7 atom stereocenters. The first-order valence-electron chi connectivity index (χ1n) is 16.2. The summed E-state index contributed by atoms with van der Waals surface area (Å²) in [6, 6.07) is 15.1. The summed E-state index contributed by atoms with van der Waals surface area (Å²) in [5, 5.41) is 87.2. The van der Waals surface area contributed by atoms with E-state index in [1.807, 2.05) is 0 Å². The zero-order chi connectivity index (χ0) is 37.2. The Kier molecular flexibility index (Phi) is 8.90. The maximum atomic E-state index is 14.3. The summed E-state index contributed by atoms with van der Waals surface area (Å²) >= 11 is 0. The number of fused-ring (bicyclic) bond motifs is 4. The second-order valence-corrected chi connectivity index (χ2v) is 13.0. The summed E-state index contributed by atoms with van der Waals surface area (Å²) in [5.41, 5.74) is -0.359. The SMILES string of the molecule is O=C(O)c1cc([O-])c2c(c1)C(C1c3cc(C(=O)O)cc([O-])c3C(=O)c3c(COC[C@@H]4OC(CO)[C@@H](O)[C@@H](O)C4O)cccc31)c1ccccc1C2=O. The maximum absolute atomic E-state index is 14.3. The molecule has 0 saturated carbocycles. The second-order valence-electron chi connectivity index (χ2n) is 13.0. The number of rotatable bonds is 8. The number of carboxylic acids is 2. The Bertz CT molecular complexity index is 2160. The van der Waals surface area contributed by atoms with Gasteiger partial charge in [-0.2, -0.15) is 0 Å². The second kappa shape index (κ2) is 13.2. The van der Waals surface area contributed by atoms with Crippen LogP contribution in [0.15, 0.2) is 66.7 Å². The van der Waals surface area contributed by atoms with Crippen LogP contribution in [-0.2, 0) is 16.1 Å². The molecule has 268 valence electrons. The summed E-state index contributed by atoms with van der Waals surface area (Å²) < 4.78 is 11.4. The van der Waals surface area contributed by atoms with Gasteiger partial charge in [-0.05, 0) is 39.9 Å². The van der Waals surface area contributed by atoms with E-state index in [0.717, 1.165) is 12.1 Å². The topological polar surface area (TPSA) is 254 Å². The smallest absolute Gasteiger partial charge is 0.335 e. The van der Waals surface area contributed by atoms with Gasteiger partial charge < -0.3 is 50.3 Å². The van der Waals surface area contributed by atoms with Crippen LogP contribution in [-0.4, -0.2) is 97.9 Å². The number of ketones is 2. The van der Waals surface area contributed by atoms with Gasteiger partial charge in [0.05, 0.1) is 30.9 Å². The van der Waals surface area contributed by atoms with Crippen molar-refractivity contribution in [1.29, 1.82) is 0 Å². The first kappa shape index (κ1) is 34.9. The van der Waals surface area contributed by atoms with E-state index in [-0.39, 0.29) is 57.7 Å². The molecule has 0 bridgehead atoms. The molecule has 14 heteroatoms. The molecular formula is C38H30O14-2.